The maximum Gasteiger partial charge on any atom is 0.228 e. The smallest absolute Gasteiger partial charge is 0.228 e. The van der Waals surface area contributed by atoms with E-state index in [0.29, 0.717) is 17.3 Å². The third-order valence-electron chi connectivity index (χ3n) is 5.28. The number of anilines is 1. The molecule has 0 bridgehead atoms. The topological polar surface area (TPSA) is 95.6 Å². The van der Waals surface area contributed by atoms with Gasteiger partial charge in [0.1, 0.15) is 23.6 Å². The van der Waals surface area contributed by atoms with Gasteiger partial charge in [-0.15, -0.1) is 0 Å². The Labute approximate surface area is 167 Å². The largest absolute Gasteiger partial charge is 0.485 e. The van der Waals surface area contributed by atoms with Gasteiger partial charge in [0.15, 0.2) is 5.82 Å². The van der Waals surface area contributed by atoms with Gasteiger partial charge in [-0.25, -0.2) is 9.50 Å². The van der Waals surface area contributed by atoms with Crippen molar-refractivity contribution >= 4 is 17.2 Å². The van der Waals surface area contributed by atoms with Crippen molar-refractivity contribution in [2.75, 3.05) is 25.5 Å². The molecule has 29 heavy (non-hydrogen) atoms. The van der Waals surface area contributed by atoms with Gasteiger partial charge in [0.05, 0.1) is 11.7 Å². The van der Waals surface area contributed by atoms with Gasteiger partial charge in [-0.2, -0.15) is 10.4 Å². The van der Waals surface area contributed by atoms with E-state index in [1.165, 1.54) is 0 Å². The number of ether oxygens (including phenoxy) is 1. The molecule has 146 valence electrons. The van der Waals surface area contributed by atoms with E-state index in [4.69, 9.17) is 4.74 Å². The number of carbonyl (C=O) groups is 1. The first-order chi connectivity index (χ1) is 14.1. The van der Waals surface area contributed by atoms with Gasteiger partial charge in [0.2, 0.25) is 5.91 Å². The molecule has 1 saturated heterocycles. The van der Waals surface area contributed by atoms with E-state index < -0.39 is 0 Å². The van der Waals surface area contributed by atoms with Crippen molar-refractivity contribution in [3.05, 3.63) is 42.4 Å². The number of pyridine rings is 2. The van der Waals surface area contributed by atoms with Gasteiger partial charge in [-0.1, -0.05) is 0 Å². The van der Waals surface area contributed by atoms with E-state index in [1.807, 2.05) is 31.4 Å². The lowest BCUT2D eigenvalue weighted by Crippen LogP contribution is -2.51. The average molecular weight is 388 g/mol. The van der Waals surface area contributed by atoms with Crippen LogP contribution in [0.2, 0.25) is 0 Å². The Morgan fingerprint density at radius 1 is 1.31 bits per heavy atom. The van der Waals surface area contributed by atoms with Crippen LogP contribution in [0.25, 0.3) is 16.6 Å². The minimum atomic E-state index is 0.0302. The normalized spacial score (nSPS) is 17.0. The van der Waals surface area contributed by atoms with E-state index in [-0.39, 0.29) is 17.9 Å². The lowest BCUT2D eigenvalue weighted by molar-refractivity contribution is -0.117. The molecule has 2 aliphatic rings. The molecule has 1 N–H and O–H groups in total. The molecular formula is C21H20N6O2. The molecule has 3 aromatic heterocycles. The Balaban J connectivity index is 1.47. The molecule has 8 heteroatoms. The molecule has 0 spiro atoms. The van der Waals surface area contributed by atoms with Gasteiger partial charge in [-0.05, 0) is 43.7 Å². The van der Waals surface area contributed by atoms with E-state index in [2.05, 4.69) is 26.4 Å². The predicted molar refractivity (Wildman–Crippen MR) is 106 cm³/mol. The van der Waals surface area contributed by atoms with Crippen molar-refractivity contribution in [3.63, 3.8) is 0 Å². The van der Waals surface area contributed by atoms with Crippen LogP contribution < -0.4 is 10.1 Å². The number of nitrogens with zero attached hydrogens (tertiary/aromatic N) is 5. The minimum Gasteiger partial charge on any atom is -0.485 e. The van der Waals surface area contributed by atoms with Gasteiger partial charge in [0, 0.05) is 36.8 Å². The summed E-state index contributed by atoms with van der Waals surface area (Å²) in [7, 11) is 2.05. The van der Waals surface area contributed by atoms with E-state index in [0.717, 1.165) is 42.6 Å². The molecule has 0 radical (unpaired) electrons. The number of carbonyl (C=O) groups excluding carboxylic acids is 1. The SMILES string of the molecule is CN1CC(Oc2cnc(C#N)cc2-c2ccn3nc(NC(=O)C4CC4)cc3c2)C1. The first kappa shape index (κ1) is 17.6. The quantitative estimate of drug-likeness (QED) is 0.721. The van der Waals surface area contributed by atoms with E-state index >= 15 is 0 Å². The summed E-state index contributed by atoms with van der Waals surface area (Å²) in [5, 5.41) is 16.6. The van der Waals surface area contributed by atoms with Crippen molar-refractivity contribution in [2.24, 2.45) is 5.92 Å². The third kappa shape index (κ3) is 3.52. The van der Waals surface area contributed by atoms with Crippen molar-refractivity contribution < 1.29 is 9.53 Å². The molecule has 4 heterocycles. The highest BCUT2D eigenvalue weighted by molar-refractivity contribution is 5.93. The van der Waals surface area contributed by atoms with E-state index in [9.17, 15) is 10.1 Å². The van der Waals surface area contributed by atoms with Crippen LogP contribution in [0.3, 0.4) is 0 Å². The fourth-order valence-corrected chi connectivity index (χ4v) is 3.52. The highest BCUT2D eigenvalue weighted by Gasteiger charge is 2.30. The standard InChI is InChI=1S/C21H20N6O2/c1-26-11-17(12-26)29-19-10-23-15(9-22)7-18(19)14-4-5-27-16(6-14)8-20(25-27)24-21(28)13-2-3-13/h4-8,10,13,17H,2-3,11-12H2,1H3,(H,24,25,28). The Morgan fingerprint density at radius 2 is 2.14 bits per heavy atom. The van der Waals surface area contributed by atoms with Gasteiger partial charge in [-0.3, -0.25) is 9.69 Å². The molecule has 0 atom stereocenters. The number of likely N-dealkylation sites (N-methyl/N-ethyl adjacent to an activating group) is 1. The number of nitrogens with one attached hydrogen (secondary N) is 1. The van der Waals surface area contributed by atoms with Crippen molar-refractivity contribution in [2.45, 2.75) is 18.9 Å². The first-order valence-corrected chi connectivity index (χ1v) is 9.65. The summed E-state index contributed by atoms with van der Waals surface area (Å²) in [4.78, 5) is 18.3. The van der Waals surface area contributed by atoms with Gasteiger partial charge in [0.25, 0.3) is 0 Å². The Kier molecular flexibility index (Phi) is 4.18. The predicted octanol–water partition coefficient (Wildman–Crippen LogP) is 2.31. The van der Waals surface area contributed by atoms with Crippen molar-refractivity contribution in [3.8, 4) is 22.9 Å². The maximum absolute atomic E-state index is 12.0. The average Bonchev–Trinajstić information content (AvgIpc) is 3.47. The molecule has 1 aliphatic carbocycles. The second kappa shape index (κ2) is 6.87. The zero-order chi connectivity index (χ0) is 20.0. The zero-order valence-electron chi connectivity index (χ0n) is 16.0. The number of nitriles is 1. The maximum atomic E-state index is 12.0. The monoisotopic (exact) mass is 388 g/mol. The summed E-state index contributed by atoms with van der Waals surface area (Å²) in [6.45, 7) is 1.73. The van der Waals surface area contributed by atoms with Crippen LogP contribution in [-0.2, 0) is 4.79 Å². The van der Waals surface area contributed by atoms with Crippen LogP contribution in [0.1, 0.15) is 18.5 Å². The first-order valence-electron chi connectivity index (χ1n) is 9.65. The summed E-state index contributed by atoms with van der Waals surface area (Å²) >= 11 is 0. The van der Waals surface area contributed by atoms with Crippen LogP contribution in [0.5, 0.6) is 5.75 Å². The molecule has 0 unspecified atom stereocenters. The van der Waals surface area contributed by atoms with Crippen LogP contribution in [-0.4, -0.2) is 51.6 Å². The van der Waals surface area contributed by atoms with Crippen molar-refractivity contribution in [1.82, 2.24) is 19.5 Å². The van der Waals surface area contributed by atoms with Crippen LogP contribution in [0, 0.1) is 17.2 Å². The summed E-state index contributed by atoms with van der Waals surface area (Å²) in [6, 6.07) is 9.57. The molecular weight excluding hydrogens is 368 g/mol. The number of fused-ring (bicyclic) bond motifs is 1. The Bertz CT molecular complexity index is 1140. The van der Waals surface area contributed by atoms with Gasteiger partial charge >= 0.3 is 0 Å². The molecule has 1 amide bonds. The lowest BCUT2D eigenvalue weighted by atomic mass is 10.1. The number of hydrogen-bond acceptors (Lipinski definition) is 6. The summed E-state index contributed by atoms with van der Waals surface area (Å²) in [6.07, 6.45) is 5.48. The Hall–Kier alpha value is -3.44. The summed E-state index contributed by atoms with van der Waals surface area (Å²) < 4.78 is 7.84. The Morgan fingerprint density at radius 3 is 2.86 bits per heavy atom. The number of rotatable bonds is 5. The molecule has 1 aliphatic heterocycles. The number of aromatic nitrogens is 3. The number of hydrogen-bond donors (Lipinski definition) is 1. The molecule has 1 saturated carbocycles. The second-order valence-corrected chi connectivity index (χ2v) is 7.72. The fourth-order valence-electron chi connectivity index (χ4n) is 3.52. The highest BCUT2D eigenvalue weighted by Crippen LogP contribution is 2.33. The molecule has 5 rings (SSSR count). The van der Waals surface area contributed by atoms with Crippen molar-refractivity contribution in [1.29, 1.82) is 5.26 Å². The third-order valence-corrected chi connectivity index (χ3v) is 5.28. The minimum absolute atomic E-state index is 0.0302. The second-order valence-electron chi connectivity index (χ2n) is 7.72. The van der Waals surface area contributed by atoms with Gasteiger partial charge < -0.3 is 10.1 Å². The summed E-state index contributed by atoms with van der Waals surface area (Å²) in [5.74, 6) is 1.36. The van der Waals surface area contributed by atoms with Crippen LogP contribution >= 0.6 is 0 Å². The van der Waals surface area contributed by atoms with Crippen LogP contribution in [0.4, 0.5) is 5.82 Å². The van der Waals surface area contributed by atoms with E-state index in [1.54, 1.807) is 16.8 Å². The molecule has 3 aromatic rings. The molecule has 8 nitrogen and oxygen atoms in total. The zero-order valence-corrected chi connectivity index (χ0v) is 16.0. The van der Waals surface area contributed by atoms with Crippen LogP contribution in [0.15, 0.2) is 36.7 Å². The molecule has 2 fully saturated rings. The highest BCUT2D eigenvalue weighted by atomic mass is 16.5. The summed E-state index contributed by atoms with van der Waals surface area (Å²) in [5.41, 5.74) is 2.90. The fraction of sp³-hybridized carbons (Fsp3) is 0.333. The molecule has 0 aromatic carbocycles. The number of likely N-dealkylation sites (tertiary alicyclic amines) is 1. The lowest BCUT2D eigenvalue weighted by Gasteiger charge is -2.36. The number of amides is 1.